The Hall–Kier alpha value is -2.21. The lowest BCUT2D eigenvalue weighted by Crippen LogP contribution is -2.49. The van der Waals surface area contributed by atoms with Crippen LogP contribution in [-0.2, 0) is 22.3 Å². The molecule has 0 aliphatic carbocycles. The topological polar surface area (TPSA) is 60.2 Å². The lowest BCUT2D eigenvalue weighted by molar-refractivity contribution is -0.0968. The Morgan fingerprint density at radius 1 is 1.26 bits per heavy atom. The number of hydrogen-bond donors (Lipinski definition) is 0. The highest BCUT2D eigenvalue weighted by Crippen LogP contribution is 2.40. The standard InChI is InChI=1S/C21H28N4O2/c1-15-22-13-16-6-12-27-21(18(16)23-15)7-10-24(11-8-21)19(26)17-5-9-25(14-17)20(2,3)4/h5,9,13-14H,6-8,10-12H2,1-4H3. The third-order valence-corrected chi connectivity index (χ3v) is 5.74. The molecule has 4 heterocycles. The Kier molecular flexibility index (Phi) is 4.34. The Labute approximate surface area is 160 Å². The summed E-state index contributed by atoms with van der Waals surface area (Å²) in [5.74, 6) is 0.878. The van der Waals surface area contributed by atoms with Crippen molar-refractivity contribution in [2.45, 2.75) is 58.1 Å². The van der Waals surface area contributed by atoms with Gasteiger partial charge in [0.1, 0.15) is 11.4 Å². The van der Waals surface area contributed by atoms with E-state index in [9.17, 15) is 4.79 Å². The number of fused-ring (bicyclic) bond motifs is 2. The highest BCUT2D eigenvalue weighted by Gasteiger charge is 2.43. The van der Waals surface area contributed by atoms with Gasteiger partial charge in [0, 0.05) is 37.2 Å². The van der Waals surface area contributed by atoms with Gasteiger partial charge in [0.2, 0.25) is 0 Å². The zero-order valence-electron chi connectivity index (χ0n) is 16.7. The lowest BCUT2D eigenvalue weighted by atomic mass is 9.83. The Balaban J connectivity index is 1.51. The second-order valence-corrected chi connectivity index (χ2v) is 8.65. The van der Waals surface area contributed by atoms with Gasteiger partial charge in [0.05, 0.1) is 17.9 Å². The minimum atomic E-state index is -0.366. The Morgan fingerprint density at radius 2 is 2.00 bits per heavy atom. The molecule has 2 aromatic rings. The maximum absolute atomic E-state index is 13.0. The molecule has 0 saturated carbocycles. The molecule has 6 heteroatoms. The molecule has 1 saturated heterocycles. The molecule has 0 aromatic carbocycles. The predicted molar refractivity (Wildman–Crippen MR) is 103 cm³/mol. The molecule has 0 unspecified atom stereocenters. The van der Waals surface area contributed by atoms with E-state index in [1.165, 1.54) is 5.56 Å². The van der Waals surface area contributed by atoms with Crippen molar-refractivity contribution >= 4 is 5.91 Å². The first-order chi connectivity index (χ1) is 12.8. The predicted octanol–water partition coefficient (Wildman–Crippen LogP) is 3.05. The van der Waals surface area contributed by atoms with Gasteiger partial charge in [-0.25, -0.2) is 9.97 Å². The number of carbonyl (C=O) groups is 1. The zero-order chi connectivity index (χ0) is 19.2. The van der Waals surface area contributed by atoms with E-state index in [-0.39, 0.29) is 17.0 Å². The maximum Gasteiger partial charge on any atom is 0.255 e. The summed E-state index contributed by atoms with van der Waals surface area (Å²) in [6.45, 7) is 10.4. The SMILES string of the molecule is Cc1ncc2c(n1)C1(CCN(C(=O)c3ccn(C(C)(C)C)c3)CC1)OCC2. The van der Waals surface area contributed by atoms with Crippen molar-refractivity contribution in [1.29, 1.82) is 0 Å². The fourth-order valence-electron chi connectivity index (χ4n) is 4.07. The van der Waals surface area contributed by atoms with Crippen molar-refractivity contribution in [3.8, 4) is 0 Å². The van der Waals surface area contributed by atoms with E-state index in [0.29, 0.717) is 19.7 Å². The molecule has 0 N–H and O–H groups in total. The van der Waals surface area contributed by atoms with Gasteiger partial charge in [-0.15, -0.1) is 0 Å². The molecular formula is C21H28N4O2. The molecule has 4 rings (SSSR count). The highest BCUT2D eigenvalue weighted by atomic mass is 16.5. The van der Waals surface area contributed by atoms with Gasteiger partial charge >= 0.3 is 0 Å². The summed E-state index contributed by atoms with van der Waals surface area (Å²) < 4.78 is 8.33. The maximum atomic E-state index is 13.0. The summed E-state index contributed by atoms with van der Waals surface area (Å²) in [7, 11) is 0. The number of carbonyl (C=O) groups excluding carboxylic acids is 1. The Bertz CT molecular complexity index is 857. The summed E-state index contributed by atoms with van der Waals surface area (Å²) in [6, 6.07) is 1.92. The first kappa shape index (κ1) is 18.2. The zero-order valence-corrected chi connectivity index (χ0v) is 16.7. The molecule has 0 bridgehead atoms. The van der Waals surface area contributed by atoms with Crippen molar-refractivity contribution in [3.63, 3.8) is 0 Å². The highest BCUT2D eigenvalue weighted by molar-refractivity contribution is 5.94. The van der Waals surface area contributed by atoms with Crippen molar-refractivity contribution in [2.24, 2.45) is 0 Å². The monoisotopic (exact) mass is 368 g/mol. The van der Waals surface area contributed by atoms with Crippen LogP contribution in [-0.4, -0.2) is 45.0 Å². The van der Waals surface area contributed by atoms with Gasteiger partial charge in [-0.3, -0.25) is 4.79 Å². The van der Waals surface area contributed by atoms with Crippen molar-refractivity contribution in [2.75, 3.05) is 19.7 Å². The second-order valence-electron chi connectivity index (χ2n) is 8.65. The normalized spacial score (nSPS) is 19.2. The summed E-state index contributed by atoms with van der Waals surface area (Å²) in [5, 5.41) is 0. The van der Waals surface area contributed by atoms with E-state index in [2.05, 4.69) is 30.3 Å². The van der Waals surface area contributed by atoms with Gasteiger partial charge in [0.15, 0.2) is 0 Å². The van der Waals surface area contributed by atoms with Gasteiger partial charge < -0.3 is 14.2 Å². The van der Waals surface area contributed by atoms with Gasteiger partial charge in [-0.2, -0.15) is 0 Å². The molecule has 2 aliphatic rings. The minimum Gasteiger partial charge on any atom is -0.368 e. The van der Waals surface area contributed by atoms with E-state index < -0.39 is 0 Å². The average molecular weight is 368 g/mol. The van der Waals surface area contributed by atoms with Gasteiger partial charge in [-0.05, 0) is 58.6 Å². The number of rotatable bonds is 1. The molecule has 2 aromatic heterocycles. The molecule has 2 aliphatic heterocycles. The van der Waals surface area contributed by atoms with Crippen LogP contribution < -0.4 is 0 Å². The number of aryl methyl sites for hydroxylation is 1. The number of amides is 1. The number of piperidine rings is 1. The number of ether oxygens (including phenoxy) is 1. The summed E-state index contributed by atoms with van der Waals surface area (Å²) in [5.41, 5.74) is 2.59. The molecule has 144 valence electrons. The summed E-state index contributed by atoms with van der Waals surface area (Å²) >= 11 is 0. The van der Waals surface area contributed by atoms with Crippen LogP contribution in [0, 0.1) is 6.92 Å². The van der Waals surface area contributed by atoms with E-state index in [4.69, 9.17) is 9.72 Å². The van der Waals surface area contributed by atoms with E-state index >= 15 is 0 Å². The Morgan fingerprint density at radius 3 is 2.67 bits per heavy atom. The van der Waals surface area contributed by atoms with Crippen molar-refractivity contribution in [3.05, 3.63) is 47.3 Å². The summed E-state index contributed by atoms with van der Waals surface area (Å²) in [4.78, 5) is 23.9. The van der Waals surface area contributed by atoms with Crippen LogP contribution in [0.3, 0.4) is 0 Å². The molecule has 0 radical (unpaired) electrons. The van der Waals surface area contributed by atoms with Crippen LogP contribution in [0.4, 0.5) is 0 Å². The first-order valence-corrected chi connectivity index (χ1v) is 9.73. The van der Waals surface area contributed by atoms with Crippen molar-refractivity contribution < 1.29 is 9.53 Å². The van der Waals surface area contributed by atoms with Crippen molar-refractivity contribution in [1.82, 2.24) is 19.4 Å². The van der Waals surface area contributed by atoms with Crippen LogP contribution in [0.5, 0.6) is 0 Å². The molecule has 0 atom stereocenters. The molecule has 27 heavy (non-hydrogen) atoms. The molecule has 1 fully saturated rings. The average Bonchev–Trinajstić information content (AvgIpc) is 3.13. The van der Waals surface area contributed by atoms with E-state index in [1.54, 1.807) is 0 Å². The fourth-order valence-corrected chi connectivity index (χ4v) is 4.07. The quantitative estimate of drug-likeness (QED) is 0.776. The number of hydrogen-bond acceptors (Lipinski definition) is 4. The van der Waals surface area contributed by atoms with E-state index in [1.807, 2.05) is 36.5 Å². The summed E-state index contributed by atoms with van der Waals surface area (Å²) in [6.07, 6.45) is 8.30. The van der Waals surface area contributed by atoms with E-state index in [0.717, 1.165) is 36.3 Å². The largest absolute Gasteiger partial charge is 0.368 e. The first-order valence-electron chi connectivity index (χ1n) is 9.73. The van der Waals surface area contributed by atoms with Crippen LogP contribution >= 0.6 is 0 Å². The fraction of sp³-hybridized carbons (Fsp3) is 0.571. The molecule has 6 nitrogen and oxygen atoms in total. The lowest BCUT2D eigenvalue weighted by Gasteiger charge is -2.44. The number of likely N-dealkylation sites (tertiary alicyclic amines) is 1. The molecule has 1 amide bonds. The molecular weight excluding hydrogens is 340 g/mol. The number of aromatic nitrogens is 3. The molecule has 1 spiro atoms. The second kappa shape index (κ2) is 6.44. The van der Waals surface area contributed by atoms with Gasteiger partial charge in [0.25, 0.3) is 5.91 Å². The van der Waals surface area contributed by atoms with Crippen LogP contribution in [0.1, 0.15) is 61.1 Å². The van der Waals surface area contributed by atoms with Crippen LogP contribution in [0.25, 0.3) is 0 Å². The third kappa shape index (κ3) is 3.27. The van der Waals surface area contributed by atoms with Crippen LogP contribution in [0.2, 0.25) is 0 Å². The van der Waals surface area contributed by atoms with Gasteiger partial charge in [-0.1, -0.05) is 0 Å². The third-order valence-electron chi connectivity index (χ3n) is 5.74. The smallest absolute Gasteiger partial charge is 0.255 e. The van der Waals surface area contributed by atoms with Crippen LogP contribution in [0.15, 0.2) is 24.7 Å². The number of nitrogens with zero attached hydrogens (tertiary/aromatic N) is 4. The minimum absolute atomic E-state index is 0.0261.